The van der Waals surface area contributed by atoms with Gasteiger partial charge in [-0.3, -0.25) is 11.3 Å². The molecule has 1 fully saturated rings. The Morgan fingerprint density at radius 2 is 2.42 bits per heavy atom. The Kier molecular flexibility index (Phi) is 4.31. The number of ether oxygens (including phenoxy) is 1. The number of nitrogens with zero attached hydrogens (tertiary/aromatic N) is 1. The number of aromatic nitrogens is 1. The van der Waals surface area contributed by atoms with Gasteiger partial charge in [0.25, 0.3) is 0 Å². The molecular weight excluding hydrogens is 252 g/mol. The number of nitrogens with two attached hydrogens (primary N) is 1. The van der Waals surface area contributed by atoms with Crippen LogP contribution in [0.25, 0.3) is 0 Å². The lowest BCUT2D eigenvalue weighted by molar-refractivity contribution is 0.00429. The predicted octanol–water partition coefficient (Wildman–Crippen LogP) is 2.42. The Balaban J connectivity index is 2.08. The molecular formula is C13H19F2N3O. The second kappa shape index (κ2) is 5.79. The Labute approximate surface area is 111 Å². The second-order valence-corrected chi connectivity index (χ2v) is 5.02. The van der Waals surface area contributed by atoms with Crippen LogP contribution in [-0.2, 0) is 0 Å². The molecule has 19 heavy (non-hydrogen) atoms. The summed E-state index contributed by atoms with van der Waals surface area (Å²) in [6.45, 7) is 0. The molecule has 1 heterocycles. The number of methoxy groups -OCH3 is 1. The summed E-state index contributed by atoms with van der Waals surface area (Å²) in [5.41, 5.74) is 3.49. The zero-order chi connectivity index (χ0) is 13.9. The first-order valence-electron chi connectivity index (χ1n) is 6.38. The smallest absolute Gasteiger partial charge is 0.248 e. The molecule has 0 spiro atoms. The van der Waals surface area contributed by atoms with Crippen LogP contribution in [0.2, 0.25) is 0 Å². The maximum atomic E-state index is 13.2. The molecule has 0 aromatic carbocycles. The van der Waals surface area contributed by atoms with Crippen LogP contribution in [0.5, 0.6) is 5.88 Å². The third kappa shape index (κ3) is 3.39. The number of hydrogen-bond donors (Lipinski definition) is 2. The van der Waals surface area contributed by atoms with Crippen LogP contribution < -0.4 is 16.0 Å². The van der Waals surface area contributed by atoms with Gasteiger partial charge in [-0.1, -0.05) is 6.07 Å². The Bertz CT molecular complexity index is 428. The molecule has 2 rings (SSSR count). The van der Waals surface area contributed by atoms with Crippen LogP contribution in [0, 0.1) is 5.92 Å². The lowest BCUT2D eigenvalue weighted by Gasteiger charge is -2.21. The van der Waals surface area contributed by atoms with Crippen molar-refractivity contribution in [3.05, 3.63) is 23.9 Å². The lowest BCUT2D eigenvalue weighted by atomic mass is 9.94. The van der Waals surface area contributed by atoms with Gasteiger partial charge >= 0.3 is 0 Å². The molecule has 2 unspecified atom stereocenters. The van der Waals surface area contributed by atoms with Gasteiger partial charge in [-0.15, -0.1) is 0 Å². The van der Waals surface area contributed by atoms with Crippen LogP contribution in [0.1, 0.15) is 37.3 Å². The van der Waals surface area contributed by atoms with Crippen molar-refractivity contribution >= 4 is 0 Å². The fraction of sp³-hybridized carbons (Fsp3) is 0.615. The number of hydrogen-bond acceptors (Lipinski definition) is 4. The number of pyridine rings is 1. The first kappa shape index (κ1) is 14.1. The van der Waals surface area contributed by atoms with E-state index in [1.807, 2.05) is 6.07 Å². The fourth-order valence-corrected chi connectivity index (χ4v) is 2.70. The standard InChI is InChI=1S/C13H19F2N3O/c1-19-12-10(3-2-6-17-12)11(18-16)7-9-4-5-13(14,15)8-9/h2-3,6,9,11,18H,4-5,7-8,16H2,1H3. The predicted molar refractivity (Wildman–Crippen MR) is 67.8 cm³/mol. The highest BCUT2D eigenvalue weighted by molar-refractivity contribution is 5.28. The molecule has 1 aromatic heterocycles. The number of hydrazine groups is 1. The first-order chi connectivity index (χ1) is 9.05. The van der Waals surface area contributed by atoms with Crippen LogP contribution in [0.4, 0.5) is 8.78 Å². The normalized spacial score (nSPS) is 23.3. The van der Waals surface area contributed by atoms with Crippen molar-refractivity contribution in [3.8, 4) is 5.88 Å². The second-order valence-electron chi connectivity index (χ2n) is 5.02. The van der Waals surface area contributed by atoms with Gasteiger partial charge in [-0.05, 0) is 24.8 Å². The van der Waals surface area contributed by atoms with Crippen LogP contribution in [-0.4, -0.2) is 18.0 Å². The van der Waals surface area contributed by atoms with E-state index < -0.39 is 5.92 Å². The lowest BCUT2D eigenvalue weighted by Crippen LogP contribution is -2.30. The third-order valence-electron chi connectivity index (χ3n) is 3.65. The molecule has 6 heteroatoms. The summed E-state index contributed by atoms with van der Waals surface area (Å²) in [5.74, 6) is 3.48. The van der Waals surface area contributed by atoms with Crippen molar-refractivity contribution in [1.82, 2.24) is 10.4 Å². The summed E-state index contributed by atoms with van der Waals surface area (Å²) in [4.78, 5) is 4.10. The van der Waals surface area contributed by atoms with E-state index in [-0.39, 0.29) is 24.8 Å². The summed E-state index contributed by atoms with van der Waals surface area (Å²) >= 11 is 0. The Morgan fingerprint density at radius 3 is 3.00 bits per heavy atom. The molecule has 4 nitrogen and oxygen atoms in total. The van der Waals surface area contributed by atoms with Gasteiger partial charge in [0.2, 0.25) is 11.8 Å². The summed E-state index contributed by atoms with van der Waals surface area (Å²) in [6.07, 6.45) is 2.63. The maximum Gasteiger partial charge on any atom is 0.248 e. The number of halogens is 2. The van der Waals surface area contributed by atoms with E-state index in [4.69, 9.17) is 10.6 Å². The van der Waals surface area contributed by atoms with Crippen molar-refractivity contribution in [3.63, 3.8) is 0 Å². The molecule has 0 aliphatic heterocycles. The van der Waals surface area contributed by atoms with E-state index in [1.54, 1.807) is 12.3 Å². The van der Waals surface area contributed by atoms with Crippen molar-refractivity contribution in [1.29, 1.82) is 0 Å². The summed E-state index contributed by atoms with van der Waals surface area (Å²) in [5, 5.41) is 0. The molecule has 2 atom stereocenters. The minimum Gasteiger partial charge on any atom is -0.481 e. The molecule has 0 radical (unpaired) electrons. The molecule has 1 aliphatic carbocycles. The van der Waals surface area contributed by atoms with Gasteiger partial charge in [-0.25, -0.2) is 13.8 Å². The fourth-order valence-electron chi connectivity index (χ4n) is 2.70. The van der Waals surface area contributed by atoms with Crippen molar-refractivity contribution < 1.29 is 13.5 Å². The monoisotopic (exact) mass is 271 g/mol. The molecule has 0 bridgehead atoms. The van der Waals surface area contributed by atoms with Crippen LogP contribution in [0.3, 0.4) is 0 Å². The SMILES string of the molecule is COc1ncccc1C(CC1CCC(F)(F)C1)NN. The Hall–Kier alpha value is -1.27. The highest BCUT2D eigenvalue weighted by Gasteiger charge is 2.40. The highest BCUT2D eigenvalue weighted by atomic mass is 19.3. The topological polar surface area (TPSA) is 60.2 Å². The van der Waals surface area contributed by atoms with Gasteiger partial charge in [0.1, 0.15) is 0 Å². The van der Waals surface area contributed by atoms with Crippen LogP contribution in [0.15, 0.2) is 18.3 Å². The molecule has 1 aliphatic rings. The van der Waals surface area contributed by atoms with E-state index in [2.05, 4.69) is 10.4 Å². The zero-order valence-corrected chi connectivity index (χ0v) is 10.9. The van der Waals surface area contributed by atoms with Crippen molar-refractivity contribution in [2.75, 3.05) is 7.11 Å². The van der Waals surface area contributed by atoms with Gasteiger partial charge < -0.3 is 4.74 Å². The average Bonchev–Trinajstić information content (AvgIpc) is 2.75. The van der Waals surface area contributed by atoms with E-state index in [1.165, 1.54) is 7.11 Å². The minimum absolute atomic E-state index is 0.0269. The molecule has 0 saturated heterocycles. The molecule has 3 N–H and O–H groups in total. The molecule has 1 aromatic rings. The molecule has 106 valence electrons. The minimum atomic E-state index is -2.52. The number of alkyl halides is 2. The van der Waals surface area contributed by atoms with Gasteiger partial charge in [0, 0.05) is 24.6 Å². The van der Waals surface area contributed by atoms with Gasteiger partial charge in [0.05, 0.1) is 13.2 Å². The van der Waals surface area contributed by atoms with Crippen LogP contribution >= 0.6 is 0 Å². The highest BCUT2D eigenvalue weighted by Crippen LogP contribution is 2.42. The molecule has 1 saturated carbocycles. The number of rotatable bonds is 5. The van der Waals surface area contributed by atoms with Crippen molar-refractivity contribution in [2.24, 2.45) is 11.8 Å². The van der Waals surface area contributed by atoms with Crippen molar-refractivity contribution in [2.45, 2.75) is 37.6 Å². The summed E-state index contributed by atoms with van der Waals surface area (Å²) in [7, 11) is 1.53. The molecule has 0 amide bonds. The van der Waals surface area contributed by atoms with Gasteiger partial charge in [-0.2, -0.15) is 0 Å². The maximum absolute atomic E-state index is 13.2. The largest absolute Gasteiger partial charge is 0.481 e. The first-order valence-corrected chi connectivity index (χ1v) is 6.38. The van der Waals surface area contributed by atoms with Gasteiger partial charge in [0.15, 0.2) is 0 Å². The van der Waals surface area contributed by atoms with E-state index >= 15 is 0 Å². The summed E-state index contributed by atoms with van der Waals surface area (Å²) < 4.78 is 31.6. The number of nitrogens with one attached hydrogen (secondary N) is 1. The third-order valence-corrected chi connectivity index (χ3v) is 3.65. The zero-order valence-electron chi connectivity index (χ0n) is 10.9. The Morgan fingerprint density at radius 1 is 1.63 bits per heavy atom. The quantitative estimate of drug-likeness (QED) is 0.638. The average molecular weight is 271 g/mol. The summed E-state index contributed by atoms with van der Waals surface area (Å²) in [6, 6.07) is 3.41. The van der Waals surface area contributed by atoms with E-state index in [0.29, 0.717) is 18.7 Å². The van der Waals surface area contributed by atoms with E-state index in [9.17, 15) is 8.78 Å². The van der Waals surface area contributed by atoms with E-state index in [0.717, 1.165) is 5.56 Å².